The lowest BCUT2D eigenvalue weighted by atomic mass is 10.1. The van der Waals surface area contributed by atoms with Crippen molar-refractivity contribution in [3.05, 3.63) is 94.8 Å². The molecule has 1 heterocycles. The van der Waals surface area contributed by atoms with Gasteiger partial charge < -0.3 is 10.1 Å². The molecule has 1 aliphatic rings. The predicted octanol–water partition coefficient (Wildman–Crippen LogP) is 4.33. The molecule has 3 aromatic rings. The lowest BCUT2D eigenvalue weighted by Gasteiger charge is -2.24. The highest BCUT2D eigenvalue weighted by Crippen LogP contribution is 2.28. The van der Waals surface area contributed by atoms with Crippen molar-refractivity contribution in [2.24, 2.45) is 0 Å². The minimum absolute atomic E-state index is 0.108. The molecule has 1 atom stereocenters. The van der Waals surface area contributed by atoms with Crippen LogP contribution in [0.2, 0.25) is 5.02 Å². The van der Waals surface area contributed by atoms with E-state index in [-0.39, 0.29) is 17.3 Å². The number of rotatable bonds is 8. The SMILES string of the molecule is CCOC(=O)c1ccc(NC(=O)CC2C(=O)N(c3ccc(Cl)cc3)C(=S)N2NC(=O)c2ccccc2F)cc1. The smallest absolute Gasteiger partial charge is 0.338 e. The molecule has 0 saturated carbocycles. The van der Waals surface area contributed by atoms with Crippen LogP contribution in [0.4, 0.5) is 15.8 Å². The van der Waals surface area contributed by atoms with Crippen LogP contribution in [0.15, 0.2) is 72.8 Å². The summed E-state index contributed by atoms with van der Waals surface area (Å²) in [6.07, 6.45) is -0.403. The molecule has 0 aromatic heterocycles. The standard InChI is InChI=1S/C27H22ClFN4O5S/c1-2-38-26(37)16-7-11-18(12-8-16)30-23(34)15-22-25(36)32(19-13-9-17(28)10-14-19)27(39)33(22)31-24(35)20-5-3-4-6-21(20)29/h3-14,22H,2,15H2,1H3,(H,30,34)(H,31,35). The molecule has 4 rings (SSSR count). The molecule has 2 N–H and O–H groups in total. The van der Waals surface area contributed by atoms with Crippen LogP contribution >= 0.6 is 23.8 Å². The lowest BCUT2D eigenvalue weighted by Crippen LogP contribution is -2.50. The van der Waals surface area contributed by atoms with Gasteiger partial charge in [-0.15, -0.1) is 0 Å². The fourth-order valence-electron chi connectivity index (χ4n) is 3.83. The molecule has 0 radical (unpaired) electrons. The number of carbonyl (C=O) groups excluding carboxylic acids is 4. The summed E-state index contributed by atoms with van der Waals surface area (Å²) < 4.78 is 19.2. The molecule has 3 aromatic carbocycles. The average Bonchev–Trinajstić information content (AvgIpc) is 3.13. The first-order valence-electron chi connectivity index (χ1n) is 11.7. The Morgan fingerprint density at radius 3 is 2.33 bits per heavy atom. The van der Waals surface area contributed by atoms with Crippen molar-refractivity contribution in [1.82, 2.24) is 10.4 Å². The Morgan fingerprint density at radius 1 is 1.03 bits per heavy atom. The molecule has 3 amide bonds. The Hall–Kier alpha value is -4.35. The second kappa shape index (κ2) is 12.0. The first-order chi connectivity index (χ1) is 18.7. The van der Waals surface area contributed by atoms with Crippen LogP contribution < -0.4 is 15.6 Å². The maximum atomic E-state index is 14.2. The summed E-state index contributed by atoms with van der Waals surface area (Å²) in [6.45, 7) is 1.92. The van der Waals surface area contributed by atoms with Crippen LogP contribution in [0.25, 0.3) is 0 Å². The van der Waals surface area contributed by atoms with Crippen LogP contribution in [0, 0.1) is 5.82 Å². The summed E-state index contributed by atoms with van der Waals surface area (Å²) >= 11 is 11.5. The number of thiocarbonyl (C=S) groups is 1. The fourth-order valence-corrected chi connectivity index (χ4v) is 4.33. The summed E-state index contributed by atoms with van der Waals surface area (Å²) in [5.74, 6) is -3.25. The van der Waals surface area contributed by atoms with E-state index >= 15 is 0 Å². The number of carbonyl (C=O) groups is 4. The molecule has 200 valence electrons. The quantitative estimate of drug-likeness (QED) is 0.307. The Labute approximate surface area is 233 Å². The van der Waals surface area contributed by atoms with Gasteiger partial charge in [0.2, 0.25) is 11.0 Å². The average molecular weight is 569 g/mol. The summed E-state index contributed by atoms with van der Waals surface area (Å²) in [6, 6.07) is 16.4. The van der Waals surface area contributed by atoms with E-state index in [1.807, 2.05) is 0 Å². The Bertz CT molecular complexity index is 1430. The third-order valence-corrected chi connectivity index (χ3v) is 6.33. The number of halogens is 2. The number of hydrogen-bond donors (Lipinski definition) is 2. The van der Waals surface area contributed by atoms with Gasteiger partial charge >= 0.3 is 5.97 Å². The summed E-state index contributed by atoms with van der Waals surface area (Å²) in [5.41, 5.74) is 3.27. The predicted molar refractivity (Wildman–Crippen MR) is 147 cm³/mol. The number of hydrogen-bond acceptors (Lipinski definition) is 6. The van der Waals surface area contributed by atoms with E-state index in [1.54, 1.807) is 31.2 Å². The number of nitrogens with one attached hydrogen (secondary N) is 2. The third kappa shape index (κ3) is 6.21. The van der Waals surface area contributed by atoms with Crippen molar-refractivity contribution in [1.29, 1.82) is 0 Å². The largest absolute Gasteiger partial charge is 0.462 e. The molecule has 9 nitrogen and oxygen atoms in total. The second-order valence-electron chi connectivity index (χ2n) is 8.29. The highest BCUT2D eigenvalue weighted by Gasteiger charge is 2.45. The summed E-state index contributed by atoms with van der Waals surface area (Å²) in [5, 5.41) is 4.06. The minimum Gasteiger partial charge on any atom is -0.462 e. The van der Waals surface area contributed by atoms with E-state index < -0.39 is 42.0 Å². The normalized spacial score (nSPS) is 14.8. The Morgan fingerprint density at radius 2 is 1.69 bits per heavy atom. The number of ether oxygens (including phenoxy) is 1. The summed E-state index contributed by atoms with van der Waals surface area (Å²) in [4.78, 5) is 52.3. The van der Waals surface area contributed by atoms with Gasteiger partial charge in [-0.1, -0.05) is 23.7 Å². The molecule has 1 unspecified atom stereocenters. The molecule has 12 heteroatoms. The molecule has 0 spiro atoms. The minimum atomic E-state index is -1.23. The highest BCUT2D eigenvalue weighted by atomic mass is 35.5. The van der Waals surface area contributed by atoms with Crippen molar-refractivity contribution >= 4 is 64.0 Å². The van der Waals surface area contributed by atoms with Gasteiger partial charge in [0.1, 0.15) is 11.9 Å². The zero-order chi connectivity index (χ0) is 28.1. The Kier molecular flexibility index (Phi) is 8.52. The van der Waals surface area contributed by atoms with E-state index in [1.165, 1.54) is 47.4 Å². The van der Waals surface area contributed by atoms with Gasteiger partial charge in [0.25, 0.3) is 11.8 Å². The van der Waals surface area contributed by atoms with Crippen molar-refractivity contribution in [2.75, 3.05) is 16.8 Å². The van der Waals surface area contributed by atoms with Crippen LogP contribution in [-0.2, 0) is 14.3 Å². The highest BCUT2D eigenvalue weighted by molar-refractivity contribution is 7.80. The van der Waals surface area contributed by atoms with E-state index in [0.29, 0.717) is 22.0 Å². The molecular formula is C27H22ClFN4O5S. The molecule has 1 aliphatic heterocycles. The zero-order valence-corrected chi connectivity index (χ0v) is 22.1. The lowest BCUT2D eigenvalue weighted by molar-refractivity contribution is -0.124. The molecule has 1 fully saturated rings. The van der Waals surface area contributed by atoms with E-state index in [2.05, 4.69) is 10.7 Å². The third-order valence-electron chi connectivity index (χ3n) is 5.70. The van der Waals surface area contributed by atoms with Gasteiger partial charge in [0, 0.05) is 10.7 Å². The molecular weight excluding hydrogens is 547 g/mol. The molecule has 1 saturated heterocycles. The molecule has 39 heavy (non-hydrogen) atoms. The van der Waals surface area contributed by atoms with E-state index in [9.17, 15) is 23.6 Å². The first-order valence-corrected chi connectivity index (χ1v) is 12.5. The van der Waals surface area contributed by atoms with Crippen LogP contribution in [0.1, 0.15) is 34.1 Å². The Balaban J connectivity index is 1.56. The fraction of sp³-hybridized carbons (Fsp3) is 0.148. The first kappa shape index (κ1) is 27.7. The topological polar surface area (TPSA) is 108 Å². The van der Waals surface area contributed by atoms with Crippen molar-refractivity contribution in [3.63, 3.8) is 0 Å². The maximum Gasteiger partial charge on any atom is 0.338 e. The monoisotopic (exact) mass is 568 g/mol. The van der Waals surface area contributed by atoms with Crippen LogP contribution in [0.5, 0.6) is 0 Å². The van der Waals surface area contributed by atoms with Crippen molar-refractivity contribution in [2.45, 2.75) is 19.4 Å². The van der Waals surface area contributed by atoms with Gasteiger partial charge in [-0.3, -0.25) is 24.7 Å². The van der Waals surface area contributed by atoms with Gasteiger partial charge in [0.05, 0.1) is 29.8 Å². The number of nitrogens with zero attached hydrogens (tertiary/aromatic N) is 2. The number of amides is 3. The number of hydrazine groups is 1. The molecule has 0 bridgehead atoms. The van der Waals surface area contributed by atoms with E-state index in [0.717, 1.165) is 11.1 Å². The van der Waals surface area contributed by atoms with E-state index in [4.69, 9.17) is 28.6 Å². The molecule has 0 aliphatic carbocycles. The second-order valence-corrected chi connectivity index (χ2v) is 9.09. The number of esters is 1. The van der Waals surface area contributed by atoms with Crippen LogP contribution in [0.3, 0.4) is 0 Å². The number of benzene rings is 3. The zero-order valence-electron chi connectivity index (χ0n) is 20.5. The van der Waals surface area contributed by atoms with Crippen molar-refractivity contribution in [3.8, 4) is 0 Å². The van der Waals surface area contributed by atoms with Gasteiger partial charge in [-0.05, 0) is 79.8 Å². The van der Waals surface area contributed by atoms with Gasteiger partial charge in [-0.2, -0.15) is 0 Å². The van der Waals surface area contributed by atoms with Crippen LogP contribution in [-0.4, -0.2) is 46.5 Å². The summed E-state index contributed by atoms with van der Waals surface area (Å²) in [7, 11) is 0. The maximum absolute atomic E-state index is 14.2. The van der Waals surface area contributed by atoms with Gasteiger partial charge in [-0.25, -0.2) is 14.2 Å². The van der Waals surface area contributed by atoms with Crippen molar-refractivity contribution < 1.29 is 28.3 Å². The van der Waals surface area contributed by atoms with Gasteiger partial charge in [0.15, 0.2) is 0 Å². The number of anilines is 2.